The normalized spacial score (nSPS) is 12.2. The number of ether oxygens (including phenoxy) is 1. The number of nitrogens with zero attached hydrogens (tertiary/aromatic N) is 2. The number of hydrogen-bond donors (Lipinski definition) is 1. The summed E-state index contributed by atoms with van der Waals surface area (Å²) in [4.78, 5) is 27.8. The van der Waals surface area contributed by atoms with Crippen molar-refractivity contribution in [3.05, 3.63) is 59.7 Å². The minimum absolute atomic E-state index is 0.178. The van der Waals surface area contributed by atoms with Crippen LogP contribution in [0.15, 0.2) is 48.5 Å². The zero-order chi connectivity index (χ0) is 25.5. The molecule has 1 N–H and O–H groups in total. The van der Waals surface area contributed by atoms with E-state index in [0.29, 0.717) is 18.0 Å². The molecule has 0 fully saturated rings. The van der Waals surface area contributed by atoms with Crippen LogP contribution >= 0.6 is 0 Å². The van der Waals surface area contributed by atoms with Crippen molar-refractivity contribution in [1.29, 1.82) is 0 Å². The van der Waals surface area contributed by atoms with Gasteiger partial charge in [-0.1, -0.05) is 44.2 Å². The molecule has 1 atom stereocenters. The fourth-order valence-electron chi connectivity index (χ4n) is 3.39. The lowest BCUT2D eigenvalue weighted by molar-refractivity contribution is -0.139. The van der Waals surface area contributed by atoms with E-state index in [1.165, 1.54) is 12.0 Å². The molecule has 0 bridgehead atoms. The van der Waals surface area contributed by atoms with E-state index in [9.17, 15) is 18.0 Å². The average molecular weight is 490 g/mol. The summed E-state index contributed by atoms with van der Waals surface area (Å²) < 4.78 is 31.5. The van der Waals surface area contributed by atoms with E-state index in [2.05, 4.69) is 5.32 Å². The van der Waals surface area contributed by atoms with Gasteiger partial charge in [0.05, 0.1) is 19.1 Å². The second kappa shape index (κ2) is 11.9. The van der Waals surface area contributed by atoms with Crippen molar-refractivity contribution in [2.45, 2.75) is 40.3 Å². The molecule has 2 aromatic rings. The number of rotatable bonds is 11. The van der Waals surface area contributed by atoms with Crippen LogP contribution in [0.5, 0.6) is 5.75 Å². The molecule has 0 aliphatic heterocycles. The van der Waals surface area contributed by atoms with E-state index in [4.69, 9.17) is 4.74 Å². The van der Waals surface area contributed by atoms with Crippen LogP contribution in [-0.4, -0.2) is 57.6 Å². The third kappa shape index (κ3) is 7.48. The van der Waals surface area contributed by atoms with Crippen molar-refractivity contribution in [1.82, 2.24) is 10.2 Å². The molecule has 2 aromatic carbocycles. The Balaban J connectivity index is 2.39. The van der Waals surface area contributed by atoms with Crippen molar-refractivity contribution in [2.75, 3.05) is 30.8 Å². The molecule has 0 aliphatic rings. The summed E-state index contributed by atoms with van der Waals surface area (Å²) in [5.74, 6) is -0.0473. The number of amides is 2. The van der Waals surface area contributed by atoms with Crippen molar-refractivity contribution in [2.24, 2.45) is 5.92 Å². The van der Waals surface area contributed by atoms with Gasteiger partial charge in [0.2, 0.25) is 21.8 Å². The van der Waals surface area contributed by atoms with Crippen LogP contribution in [0.3, 0.4) is 0 Å². The van der Waals surface area contributed by atoms with Crippen molar-refractivity contribution in [3.63, 3.8) is 0 Å². The van der Waals surface area contributed by atoms with Gasteiger partial charge in [-0.3, -0.25) is 13.9 Å². The molecule has 2 amide bonds. The number of hydrogen-bond acceptors (Lipinski definition) is 5. The molecule has 9 heteroatoms. The van der Waals surface area contributed by atoms with E-state index in [1.807, 2.05) is 45.0 Å². The Kier molecular flexibility index (Phi) is 9.49. The zero-order valence-electron chi connectivity index (χ0n) is 20.7. The minimum Gasteiger partial charge on any atom is -0.497 e. The van der Waals surface area contributed by atoms with Gasteiger partial charge in [-0.15, -0.1) is 0 Å². The molecule has 0 radical (unpaired) electrons. The first-order valence-corrected chi connectivity index (χ1v) is 13.0. The Morgan fingerprint density at radius 3 is 2.32 bits per heavy atom. The summed E-state index contributed by atoms with van der Waals surface area (Å²) in [6.07, 6.45) is 1.05. The SMILES string of the molecule is COc1cccc(N(CC(=O)N(Cc2ccccc2C)[C@H](C)C(=O)NCC(C)C)S(C)(=O)=O)c1. The number of nitrogens with one attached hydrogen (secondary N) is 1. The highest BCUT2D eigenvalue weighted by molar-refractivity contribution is 7.92. The standard InChI is InChI=1S/C25H35N3O5S/c1-18(2)15-26-25(30)20(4)27(16-21-11-8-7-10-19(21)3)24(29)17-28(34(6,31)32)22-12-9-13-23(14-22)33-5/h7-14,18,20H,15-17H2,1-6H3,(H,26,30)/t20-/m1/s1. The molecule has 0 saturated carbocycles. The van der Waals surface area contributed by atoms with Crippen molar-refractivity contribution in [3.8, 4) is 5.75 Å². The Bertz CT molecular complexity index is 1100. The quantitative estimate of drug-likeness (QED) is 0.524. The summed E-state index contributed by atoms with van der Waals surface area (Å²) in [5.41, 5.74) is 2.16. The highest BCUT2D eigenvalue weighted by Gasteiger charge is 2.30. The predicted octanol–water partition coefficient (Wildman–Crippen LogP) is 2.96. The molecule has 0 unspecified atom stereocenters. The zero-order valence-corrected chi connectivity index (χ0v) is 21.6. The Morgan fingerprint density at radius 2 is 1.74 bits per heavy atom. The van der Waals surface area contributed by atoms with Gasteiger partial charge in [0.15, 0.2) is 0 Å². The number of benzene rings is 2. The van der Waals surface area contributed by atoms with Crippen molar-refractivity contribution < 1.29 is 22.7 Å². The number of sulfonamides is 1. The van der Waals surface area contributed by atoms with E-state index in [0.717, 1.165) is 21.7 Å². The van der Waals surface area contributed by atoms with Gasteiger partial charge in [0.25, 0.3) is 0 Å². The second-order valence-electron chi connectivity index (χ2n) is 8.73. The second-order valence-corrected chi connectivity index (χ2v) is 10.6. The van der Waals surface area contributed by atoms with Crippen LogP contribution < -0.4 is 14.4 Å². The maximum absolute atomic E-state index is 13.5. The average Bonchev–Trinajstić information content (AvgIpc) is 2.79. The van der Waals surface area contributed by atoms with Crippen LogP contribution in [0, 0.1) is 12.8 Å². The van der Waals surface area contributed by atoms with Crippen LogP contribution in [0.25, 0.3) is 0 Å². The van der Waals surface area contributed by atoms with E-state index in [-0.39, 0.29) is 18.4 Å². The molecule has 0 aliphatic carbocycles. The summed E-state index contributed by atoms with van der Waals surface area (Å²) >= 11 is 0. The third-order valence-electron chi connectivity index (χ3n) is 5.47. The van der Waals surface area contributed by atoms with Crippen LogP contribution in [0.1, 0.15) is 31.9 Å². The smallest absolute Gasteiger partial charge is 0.244 e. The Hall–Kier alpha value is -3.07. The van der Waals surface area contributed by atoms with Gasteiger partial charge >= 0.3 is 0 Å². The van der Waals surface area contributed by atoms with E-state index >= 15 is 0 Å². The lowest BCUT2D eigenvalue weighted by Crippen LogP contribution is -2.51. The minimum atomic E-state index is -3.79. The summed E-state index contributed by atoms with van der Waals surface area (Å²) in [7, 11) is -2.31. The fraction of sp³-hybridized carbons (Fsp3) is 0.440. The van der Waals surface area contributed by atoms with Crippen LogP contribution in [0.2, 0.25) is 0 Å². The highest BCUT2D eigenvalue weighted by atomic mass is 32.2. The monoisotopic (exact) mass is 489 g/mol. The van der Waals surface area contributed by atoms with E-state index in [1.54, 1.807) is 31.2 Å². The number of carbonyl (C=O) groups is 2. The molecule has 0 aromatic heterocycles. The van der Waals surface area contributed by atoms with E-state index < -0.39 is 28.5 Å². The first-order valence-electron chi connectivity index (χ1n) is 11.2. The van der Waals surface area contributed by atoms with Gasteiger partial charge in [-0.25, -0.2) is 8.42 Å². The number of anilines is 1. The molecule has 8 nitrogen and oxygen atoms in total. The summed E-state index contributed by atoms with van der Waals surface area (Å²) in [6, 6.07) is 13.3. The van der Waals surface area contributed by atoms with Crippen LogP contribution in [0.4, 0.5) is 5.69 Å². The summed E-state index contributed by atoms with van der Waals surface area (Å²) in [6.45, 7) is 7.77. The molecule has 0 saturated heterocycles. The van der Waals surface area contributed by atoms with Gasteiger partial charge in [-0.2, -0.15) is 0 Å². The van der Waals surface area contributed by atoms with Crippen LogP contribution in [-0.2, 0) is 26.2 Å². The number of carbonyl (C=O) groups excluding carboxylic acids is 2. The first kappa shape index (κ1) is 27.2. The maximum atomic E-state index is 13.5. The molecule has 34 heavy (non-hydrogen) atoms. The molecule has 2 rings (SSSR count). The Morgan fingerprint density at radius 1 is 1.06 bits per heavy atom. The van der Waals surface area contributed by atoms with Gasteiger partial charge in [0, 0.05) is 19.2 Å². The lowest BCUT2D eigenvalue weighted by Gasteiger charge is -2.32. The highest BCUT2D eigenvalue weighted by Crippen LogP contribution is 2.24. The maximum Gasteiger partial charge on any atom is 0.244 e. The summed E-state index contributed by atoms with van der Waals surface area (Å²) in [5, 5.41) is 2.87. The van der Waals surface area contributed by atoms with Crippen molar-refractivity contribution >= 4 is 27.5 Å². The molecular weight excluding hydrogens is 454 g/mol. The molecular formula is C25H35N3O5S. The van der Waals surface area contributed by atoms with Gasteiger partial charge in [0.1, 0.15) is 18.3 Å². The molecule has 0 heterocycles. The Labute approximate surface area is 202 Å². The number of aryl methyl sites for hydroxylation is 1. The fourth-order valence-corrected chi connectivity index (χ4v) is 4.23. The molecule has 186 valence electrons. The van der Waals surface area contributed by atoms with Gasteiger partial charge < -0.3 is 15.0 Å². The molecule has 0 spiro atoms. The number of methoxy groups -OCH3 is 1. The largest absolute Gasteiger partial charge is 0.497 e. The third-order valence-corrected chi connectivity index (χ3v) is 6.61. The topological polar surface area (TPSA) is 96.0 Å². The first-order chi connectivity index (χ1) is 15.9. The lowest BCUT2D eigenvalue weighted by atomic mass is 10.1. The predicted molar refractivity (Wildman–Crippen MR) is 134 cm³/mol. The van der Waals surface area contributed by atoms with Gasteiger partial charge in [-0.05, 0) is 43.0 Å².